The number of esters is 1. The van der Waals surface area contributed by atoms with Crippen LogP contribution in [0.4, 0.5) is 5.69 Å². The average Bonchev–Trinajstić information content (AvgIpc) is 2.30. The summed E-state index contributed by atoms with van der Waals surface area (Å²) in [6.07, 6.45) is 2.56. The molecule has 1 aromatic heterocycles. The lowest BCUT2D eigenvalue weighted by Gasteiger charge is -2.11. The molecule has 0 aliphatic carbocycles. The highest BCUT2D eigenvalue weighted by atomic mass is 32.2. The van der Waals surface area contributed by atoms with Gasteiger partial charge >= 0.3 is 5.97 Å². The molecular weight excluding hydrogens is 224 g/mol. The van der Waals surface area contributed by atoms with Gasteiger partial charge in [0.25, 0.3) is 0 Å². The van der Waals surface area contributed by atoms with E-state index in [-0.39, 0.29) is 0 Å². The van der Waals surface area contributed by atoms with Gasteiger partial charge in [0.2, 0.25) is 0 Å². The Morgan fingerprint density at radius 1 is 1.69 bits per heavy atom. The number of nitrogens with two attached hydrogens (primary N) is 1. The average molecular weight is 240 g/mol. The third kappa shape index (κ3) is 3.13. The molecule has 0 fully saturated rings. The van der Waals surface area contributed by atoms with Crippen LogP contribution < -0.4 is 5.73 Å². The van der Waals surface area contributed by atoms with Crippen LogP contribution in [0.25, 0.3) is 0 Å². The van der Waals surface area contributed by atoms with Gasteiger partial charge in [-0.3, -0.25) is 0 Å². The number of rotatable bonds is 4. The van der Waals surface area contributed by atoms with E-state index in [1.165, 1.54) is 7.11 Å². The van der Waals surface area contributed by atoms with Gasteiger partial charge in [-0.05, 0) is 12.5 Å². The quantitative estimate of drug-likeness (QED) is 0.646. The topological polar surface area (TPSA) is 65.2 Å². The van der Waals surface area contributed by atoms with Crippen molar-refractivity contribution in [1.29, 1.82) is 0 Å². The van der Waals surface area contributed by atoms with Crippen molar-refractivity contribution in [1.82, 2.24) is 4.98 Å². The monoisotopic (exact) mass is 240 g/mol. The van der Waals surface area contributed by atoms with Crippen LogP contribution in [0.3, 0.4) is 0 Å². The van der Waals surface area contributed by atoms with Gasteiger partial charge < -0.3 is 10.5 Å². The second-order valence-corrected chi connectivity index (χ2v) is 4.88. The van der Waals surface area contributed by atoms with Gasteiger partial charge in [-0.25, -0.2) is 9.78 Å². The number of nitrogen functional groups attached to an aromatic ring is 1. The number of hydrogen-bond acceptors (Lipinski definition) is 5. The number of anilines is 1. The molecule has 1 unspecified atom stereocenters. The zero-order valence-corrected chi connectivity index (χ0v) is 10.5. The van der Waals surface area contributed by atoms with Crippen molar-refractivity contribution >= 4 is 23.4 Å². The SMILES string of the molecule is CCC(C)Sc1ncc(N)cc1C(=O)OC. The Bertz CT molecular complexity index is 382. The standard InChI is InChI=1S/C11H16N2O2S/c1-4-7(2)16-10-9(11(14)15-3)5-8(12)6-13-10/h5-7H,4,12H2,1-3H3. The first-order valence-electron chi connectivity index (χ1n) is 5.09. The van der Waals surface area contributed by atoms with Crippen molar-refractivity contribution in [2.75, 3.05) is 12.8 Å². The van der Waals surface area contributed by atoms with E-state index >= 15 is 0 Å². The number of nitrogens with zero attached hydrogens (tertiary/aromatic N) is 1. The molecule has 0 bridgehead atoms. The Morgan fingerprint density at radius 3 is 2.94 bits per heavy atom. The Balaban J connectivity index is 3.02. The molecule has 1 aromatic rings. The summed E-state index contributed by atoms with van der Waals surface area (Å²) in [5.41, 5.74) is 6.51. The van der Waals surface area contributed by atoms with Crippen molar-refractivity contribution in [2.24, 2.45) is 0 Å². The normalized spacial score (nSPS) is 12.2. The molecule has 1 atom stereocenters. The Hall–Kier alpha value is -1.23. The van der Waals surface area contributed by atoms with Crippen LogP contribution in [0.2, 0.25) is 0 Å². The number of hydrogen-bond donors (Lipinski definition) is 1. The maximum Gasteiger partial charge on any atom is 0.340 e. The molecule has 2 N–H and O–H groups in total. The van der Waals surface area contributed by atoms with E-state index in [0.29, 0.717) is 21.5 Å². The zero-order valence-electron chi connectivity index (χ0n) is 9.69. The highest BCUT2D eigenvalue weighted by Gasteiger charge is 2.15. The van der Waals surface area contributed by atoms with Gasteiger partial charge in [-0.1, -0.05) is 13.8 Å². The van der Waals surface area contributed by atoms with E-state index in [1.807, 2.05) is 0 Å². The Labute approximate surface area is 99.6 Å². The number of methoxy groups -OCH3 is 1. The van der Waals surface area contributed by atoms with E-state index < -0.39 is 5.97 Å². The third-order valence-corrected chi connectivity index (χ3v) is 3.45. The maximum absolute atomic E-state index is 11.5. The molecule has 5 heteroatoms. The lowest BCUT2D eigenvalue weighted by molar-refractivity contribution is 0.0596. The van der Waals surface area contributed by atoms with Gasteiger partial charge in [0.1, 0.15) is 5.03 Å². The van der Waals surface area contributed by atoms with E-state index in [2.05, 4.69) is 18.8 Å². The molecule has 88 valence electrons. The first-order valence-corrected chi connectivity index (χ1v) is 5.97. The molecule has 4 nitrogen and oxygen atoms in total. The fourth-order valence-corrected chi connectivity index (χ4v) is 2.02. The molecule has 0 aromatic carbocycles. The van der Waals surface area contributed by atoms with Crippen LogP contribution in [0.1, 0.15) is 30.6 Å². The molecule has 0 aliphatic rings. The minimum absolute atomic E-state index is 0.398. The van der Waals surface area contributed by atoms with Gasteiger partial charge in [-0.2, -0.15) is 0 Å². The first kappa shape index (κ1) is 12.8. The van der Waals surface area contributed by atoms with Gasteiger partial charge in [-0.15, -0.1) is 11.8 Å². The summed E-state index contributed by atoms with van der Waals surface area (Å²) in [4.78, 5) is 15.7. The molecule has 1 rings (SSSR count). The van der Waals surface area contributed by atoms with Gasteiger partial charge in [0, 0.05) is 5.25 Å². The molecule has 0 spiro atoms. The van der Waals surface area contributed by atoms with Crippen LogP contribution in [0.15, 0.2) is 17.3 Å². The van der Waals surface area contributed by atoms with Crippen molar-refractivity contribution < 1.29 is 9.53 Å². The van der Waals surface area contributed by atoms with E-state index in [4.69, 9.17) is 10.5 Å². The third-order valence-electron chi connectivity index (χ3n) is 2.17. The van der Waals surface area contributed by atoms with Crippen molar-refractivity contribution in [2.45, 2.75) is 30.5 Å². The molecule has 0 amide bonds. The number of carbonyl (C=O) groups is 1. The highest BCUT2D eigenvalue weighted by molar-refractivity contribution is 7.99. The molecule has 0 saturated carbocycles. The summed E-state index contributed by atoms with van der Waals surface area (Å²) in [6.45, 7) is 4.18. The van der Waals surface area contributed by atoms with Crippen LogP contribution in [0.5, 0.6) is 0 Å². The van der Waals surface area contributed by atoms with Crippen molar-refractivity contribution in [3.05, 3.63) is 17.8 Å². The van der Waals surface area contributed by atoms with Gasteiger partial charge in [0.05, 0.1) is 24.6 Å². The van der Waals surface area contributed by atoms with Crippen LogP contribution >= 0.6 is 11.8 Å². The summed E-state index contributed by atoms with van der Waals surface area (Å²) in [5.74, 6) is -0.398. The number of ether oxygens (including phenoxy) is 1. The summed E-state index contributed by atoms with van der Waals surface area (Å²) in [5, 5.41) is 1.08. The van der Waals surface area contributed by atoms with E-state index in [1.54, 1.807) is 24.0 Å². The molecular formula is C11H16N2O2S. The van der Waals surface area contributed by atoms with Gasteiger partial charge in [0.15, 0.2) is 0 Å². The van der Waals surface area contributed by atoms with Crippen LogP contribution in [-0.4, -0.2) is 23.3 Å². The van der Waals surface area contributed by atoms with E-state index in [0.717, 1.165) is 6.42 Å². The number of carbonyl (C=O) groups excluding carboxylic acids is 1. The molecule has 16 heavy (non-hydrogen) atoms. The largest absolute Gasteiger partial charge is 0.465 e. The minimum atomic E-state index is -0.398. The second-order valence-electron chi connectivity index (χ2n) is 3.45. The molecule has 0 saturated heterocycles. The lowest BCUT2D eigenvalue weighted by atomic mass is 10.3. The van der Waals surface area contributed by atoms with Crippen LogP contribution in [0, 0.1) is 0 Å². The van der Waals surface area contributed by atoms with Crippen molar-refractivity contribution in [3.63, 3.8) is 0 Å². The summed E-state index contributed by atoms with van der Waals surface area (Å²) in [7, 11) is 1.35. The molecule has 1 heterocycles. The second kappa shape index (κ2) is 5.75. The fraction of sp³-hybridized carbons (Fsp3) is 0.455. The summed E-state index contributed by atoms with van der Waals surface area (Å²) in [6, 6.07) is 1.60. The summed E-state index contributed by atoms with van der Waals surface area (Å²) >= 11 is 1.56. The fourth-order valence-electron chi connectivity index (χ4n) is 1.09. The predicted octanol–water partition coefficient (Wildman–Crippen LogP) is 2.34. The van der Waals surface area contributed by atoms with E-state index in [9.17, 15) is 4.79 Å². The number of thioether (sulfide) groups is 1. The zero-order chi connectivity index (χ0) is 12.1. The molecule has 0 radical (unpaired) electrons. The highest BCUT2D eigenvalue weighted by Crippen LogP contribution is 2.27. The van der Waals surface area contributed by atoms with Crippen LogP contribution in [-0.2, 0) is 4.74 Å². The molecule has 0 aliphatic heterocycles. The first-order chi connectivity index (χ1) is 7.58. The maximum atomic E-state index is 11.5. The smallest absolute Gasteiger partial charge is 0.340 e. The number of aromatic nitrogens is 1. The van der Waals surface area contributed by atoms with Crippen molar-refractivity contribution in [3.8, 4) is 0 Å². The number of pyridine rings is 1. The lowest BCUT2D eigenvalue weighted by Crippen LogP contribution is -2.07. The minimum Gasteiger partial charge on any atom is -0.465 e. The Kier molecular flexibility index (Phi) is 4.61. The Morgan fingerprint density at radius 2 is 2.38 bits per heavy atom. The summed E-state index contributed by atoms with van der Waals surface area (Å²) < 4.78 is 4.70. The predicted molar refractivity (Wildman–Crippen MR) is 65.6 cm³/mol.